The molecule has 18 heavy (non-hydrogen) atoms. The van der Waals surface area contributed by atoms with E-state index in [1.165, 1.54) is 18.4 Å². The molecule has 0 radical (unpaired) electrons. The first-order valence-corrected chi connectivity index (χ1v) is 7.01. The van der Waals surface area contributed by atoms with E-state index in [4.69, 9.17) is 4.74 Å². The zero-order chi connectivity index (χ0) is 13.0. The summed E-state index contributed by atoms with van der Waals surface area (Å²) in [6, 6.07) is 1.78. The van der Waals surface area contributed by atoms with E-state index in [0.29, 0.717) is 12.1 Å². The Labute approximate surface area is 110 Å². The average Bonchev–Trinajstić information content (AvgIpc) is 3.06. The fourth-order valence-corrected chi connectivity index (χ4v) is 3.10. The van der Waals surface area contributed by atoms with Crippen LogP contribution in [0.2, 0.25) is 0 Å². The van der Waals surface area contributed by atoms with Gasteiger partial charge in [-0.3, -0.25) is 9.59 Å². The number of hydrogen-bond donors (Lipinski definition) is 1. The lowest BCUT2D eigenvalue weighted by Crippen LogP contribution is -2.41. The Morgan fingerprint density at radius 3 is 2.72 bits per heavy atom. The van der Waals surface area contributed by atoms with Gasteiger partial charge in [-0.05, 0) is 24.3 Å². The van der Waals surface area contributed by atoms with Crippen LogP contribution >= 0.6 is 11.3 Å². The normalized spacial score (nSPS) is 17.4. The zero-order valence-electron chi connectivity index (χ0n) is 10.4. The summed E-state index contributed by atoms with van der Waals surface area (Å²) in [4.78, 5) is 23.7. The van der Waals surface area contributed by atoms with Crippen molar-refractivity contribution in [2.75, 3.05) is 13.7 Å². The number of rotatable bonds is 4. The van der Waals surface area contributed by atoms with Gasteiger partial charge in [0.25, 0.3) is 5.91 Å². The molecule has 1 aromatic rings. The second kappa shape index (κ2) is 5.52. The Bertz CT molecular complexity index is 421. The van der Waals surface area contributed by atoms with Gasteiger partial charge in [-0.1, -0.05) is 12.8 Å². The van der Waals surface area contributed by atoms with Crippen LogP contribution in [0.25, 0.3) is 0 Å². The van der Waals surface area contributed by atoms with Crippen molar-refractivity contribution in [3.05, 3.63) is 22.4 Å². The molecule has 0 atom stereocenters. The van der Waals surface area contributed by atoms with Gasteiger partial charge in [0.2, 0.25) is 0 Å². The molecule has 1 saturated carbocycles. The fraction of sp³-hybridized carbons (Fsp3) is 0.538. The maximum absolute atomic E-state index is 11.9. The number of thiophene rings is 1. The molecule has 4 nitrogen and oxygen atoms in total. The molecule has 5 heteroatoms. The van der Waals surface area contributed by atoms with E-state index in [2.05, 4.69) is 5.32 Å². The van der Waals surface area contributed by atoms with Crippen LogP contribution in [-0.2, 0) is 9.53 Å². The lowest BCUT2D eigenvalue weighted by Gasteiger charge is -2.25. The molecule has 1 fully saturated rings. The number of ether oxygens (including phenoxy) is 1. The van der Waals surface area contributed by atoms with E-state index in [0.717, 1.165) is 25.7 Å². The monoisotopic (exact) mass is 267 g/mol. The van der Waals surface area contributed by atoms with Gasteiger partial charge in [-0.25, -0.2) is 0 Å². The van der Waals surface area contributed by atoms with Crippen molar-refractivity contribution in [1.29, 1.82) is 0 Å². The van der Waals surface area contributed by atoms with Crippen molar-refractivity contribution >= 4 is 23.2 Å². The summed E-state index contributed by atoms with van der Waals surface area (Å²) in [6.07, 6.45) is 3.63. The van der Waals surface area contributed by atoms with E-state index in [-0.39, 0.29) is 11.9 Å². The highest BCUT2D eigenvalue weighted by atomic mass is 32.1. The fourth-order valence-electron chi connectivity index (χ4n) is 2.47. The predicted octanol–water partition coefficient (Wildman–Crippen LogP) is 2.21. The summed E-state index contributed by atoms with van der Waals surface area (Å²) in [6.45, 7) is 0.369. The van der Waals surface area contributed by atoms with Gasteiger partial charge in [-0.2, -0.15) is 11.3 Å². The SMILES string of the molecule is COC(=O)C1(CNC(=O)c2ccsc2)CCCC1. The molecule has 1 aliphatic carbocycles. The van der Waals surface area contributed by atoms with Crippen molar-refractivity contribution in [2.24, 2.45) is 5.41 Å². The van der Waals surface area contributed by atoms with Crippen LogP contribution in [0.5, 0.6) is 0 Å². The van der Waals surface area contributed by atoms with E-state index in [1.54, 1.807) is 11.4 Å². The predicted molar refractivity (Wildman–Crippen MR) is 69.6 cm³/mol. The highest BCUT2D eigenvalue weighted by Gasteiger charge is 2.42. The van der Waals surface area contributed by atoms with E-state index >= 15 is 0 Å². The van der Waals surface area contributed by atoms with Gasteiger partial charge in [0.05, 0.1) is 12.5 Å². The van der Waals surface area contributed by atoms with E-state index in [9.17, 15) is 9.59 Å². The van der Waals surface area contributed by atoms with Crippen LogP contribution in [-0.4, -0.2) is 25.5 Å². The topological polar surface area (TPSA) is 55.4 Å². The van der Waals surface area contributed by atoms with Crippen LogP contribution in [0.15, 0.2) is 16.8 Å². The molecule has 2 rings (SSSR count). The molecular formula is C13H17NO3S. The van der Waals surface area contributed by atoms with E-state index < -0.39 is 5.41 Å². The summed E-state index contributed by atoms with van der Waals surface area (Å²) < 4.78 is 4.87. The molecule has 1 N–H and O–H groups in total. The summed E-state index contributed by atoms with van der Waals surface area (Å²) in [7, 11) is 1.41. The highest BCUT2D eigenvalue weighted by Crippen LogP contribution is 2.38. The molecule has 1 amide bonds. The molecule has 98 valence electrons. The number of methoxy groups -OCH3 is 1. The smallest absolute Gasteiger partial charge is 0.313 e. The molecule has 0 spiro atoms. The third kappa shape index (κ3) is 2.56. The Kier molecular flexibility index (Phi) is 4.01. The Hall–Kier alpha value is -1.36. The lowest BCUT2D eigenvalue weighted by atomic mass is 9.86. The van der Waals surface area contributed by atoms with Gasteiger partial charge in [0, 0.05) is 17.5 Å². The molecule has 1 heterocycles. The summed E-state index contributed by atoms with van der Waals surface area (Å²) >= 11 is 1.48. The van der Waals surface area contributed by atoms with Crippen molar-refractivity contribution in [3.63, 3.8) is 0 Å². The number of carbonyl (C=O) groups is 2. The maximum Gasteiger partial charge on any atom is 0.313 e. The number of esters is 1. The average molecular weight is 267 g/mol. The quantitative estimate of drug-likeness (QED) is 0.851. The number of nitrogens with one attached hydrogen (secondary N) is 1. The molecule has 0 bridgehead atoms. The van der Waals surface area contributed by atoms with Crippen molar-refractivity contribution in [3.8, 4) is 0 Å². The van der Waals surface area contributed by atoms with Gasteiger partial charge < -0.3 is 10.1 Å². The molecule has 1 aromatic heterocycles. The Morgan fingerprint density at radius 2 is 2.17 bits per heavy atom. The minimum atomic E-state index is -0.513. The second-order valence-electron chi connectivity index (χ2n) is 4.67. The molecule has 0 aliphatic heterocycles. The van der Waals surface area contributed by atoms with Crippen LogP contribution in [0.4, 0.5) is 0 Å². The first-order chi connectivity index (χ1) is 8.68. The molecule has 1 aliphatic rings. The standard InChI is InChI=1S/C13H17NO3S/c1-17-12(16)13(5-2-3-6-13)9-14-11(15)10-4-7-18-8-10/h4,7-8H,2-3,5-6,9H2,1H3,(H,14,15). The van der Waals surface area contributed by atoms with Crippen LogP contribution in [0.1, 0.15) is 36.0 Å². The van der Waals surface area contributed by atoms with Crippen LogP contribution in [0, 0.1) is 5.41 Å². The number of hydrogen-bond acceptors (Lipinski definition) is 4. The first-order valence-electron chi connectivity index (χ1n) is 6.07. The van der Waals surface area contributed by atoms with Gasteiger partial charge in [-0.15, -0.1) is 0 Å². The highest BCUT2D eigenvalue weighted by molar-refractivity contribution is 7.08. The second-order valence-corrected chi connectivity index (χ2v) is 5.45. The summed E-state index contributed by atoms with van der Waals surface area (Å²) in [5, 5.41) is 6.51. The largest absolute Gasteiger partial charge is 0.469 e. The number of amides is 1. The number of carbonyl (C=O) groups excluding carboxylic acids is 2. The van der Waals surface area contributed by atoms with Crippen molar-refractivity contribution in [2.45, 2.75) is 25.7 Å². The van der Waals surface area contributed by atoms with Crippen molar-refractivity contribution in [1.82, 2.24) is 5.32 Å². The van der Waals surface area contributed by atoms with Crippen LogP contribution in [0.3, 0.4) is 0 Å². The third-order valence-corrected chi connectivity index (χ3v) is 4.23. The molecule has 0 saturated heterocycles. The Balaban J connectivity index is 1.98. The first kappa shape index (κ1) is 13.1. The van der Waals surface area contributed by atoms with Crippen LogP contribution < -0.4 is 5.32 Å². The summed E-state index contributed by atoms with van der Waals surface area (Å²) in [5.41, 5.74) is 0.137. The molecular weight excluding hydrogens is 250 g/mol. The maximum atomic E-state index is 11.9. The zero-order valence-corrected chi connectivity index (χ0v) is 11.2. The van der Waals surface area contributed by atoms with Gasteiger partial charge >= 0.3 is 5.97 Å². The summed E-state index contributed by atoms with van der Waals surface area (Å²) in [5.74, 6) is -0.322. The van der Waals surface area contributed by atoms with Gasteiger partial charge in [0.15, 0.2) is 0 Å². The van der Waals surface area contributed by atoms with Crippen molar-refractivity contribution < 1.29 is 14.3 Å². The molecule has 0 aromatic carbocycles. The van der Waals surface area contributed by atoms with E-state index in [1.807, 2.05) is 5.38 Å². The Morgan fingerprint density at radius 1 is 1.44 bits per heavy atom. The minimum Gasteiger partial charge on any atom is -0.469 e. The van der Waals surface area contributed by atoms with Gasteiger partial charge in [0.1, 0.15) is 0 Å². The lowest BCUT2D eigenvalue weighted by molar-refractivity contribution is -0.152. The molecule has 0 unspecified atom stereocenters. The third-order valence-electron chi connectivity index (χ3n) is 3.55. The minimum absolute atomic E-state index is 0.119.